The minimum Gasteiger partial charge on any atom is -0.392 e. The Labute approximate surface area is 79.2 Å². The molecule has 0 bridgehead atoms. The summed E-state index contributed by atoms with van der Waals surface area (Å²) >= 11 is 0. The second-order valence-electron chi connectivity index (χ2n) is 4.56. The van der Waals surface area contributed by atoms with E-state index in [-0.39, 0.29) is 12.1 Å². The molecule has 0 aromatic heterocycles. The molecule has 2 rings (SSSR count). The van der Waals surface area contributed by atoms with Gasteiger partial charge in [0.25, 0.3) is 0 Å². The molecular formula is C10H19NO2. The molecule has 0 aromatic rings. The van der Waals surface area contributed by atoms with Crippen LogP contribution < -0.4 is 5.32 Å². The molecule has 76 valence electrons. The molecule has 2 fully saturated rings. The van der Waals surface area contributed by atoms with Crippen molar-refractivity contribution in [1.29, 1.82) is 0 Å². The van der Waals surface area contributed by atoms with Crippen LogP contribution in [-0.4, -0.2) is 34.5 Å². The molecule has 0 aromatic carbocycles. The second kappa shape index (κ2) is 3.56. The lowest BCUT2D eigenvalue weighted by molar-refractivity contribution is -0.0356. The van der Waals surface area contributed by atoms with Gasteiger partial charge in [0, 0.05) is 12.6 Å². The zero-order chi connectivity index (χ0) is 9.31. The van der Waals surface area contributed by atoms with E-state index >= 15 is 0 Å². The lowest BCUT2D eigenvalue weighted by Gasteiger charge is -2.37. The van der Waals surface area contributed by atoms with Crippen molar-refractivity contribution in [3.8, 4) is 0 Å². The minimum atomic E-state index is -0.456. The Morgan fingerprint density at radius 2 is 2.00 bits per heavy atom. The Morgan fingerprint density at radius 3 is 2.46 bits per heavy atom. The van der Waals surface area contributed by atoms with Gasteiger partial charge in [-0.3, -0.25) is 0 Å². The van der Waals surface area contributed by atoms with Crippen LogP contribution in [0.3, 0.4) is 0 Å². The van der Waals surface area contributed by atoms with Crippen molar-refractivity contribution < 1.29 is 10.2 Å². The van der Waals surface area contributed by atoms with Crippen molar-refractivity contribution in [2.45, 2.75) is 56.3 Å². The third-order valence-corrected chi connectivity index (χ3v) is 3.46. The Balaban J connectivity index is 1.72. The van der Waals surface area contributed by atoms with Gasteiger partial charge >= 0.3 is 0 Å². The monoisotopic (exact) mass is 185 g/mol. The zero-order valence-corrected chi connectivity index (χ0v) is 8.00. The van der Waals surface area contributed by atoms with Crippen molar-refractivity contribution in [1.82, 2.24) is 5.32 Å². The highest BCUT2D eigenvalue weighted by Gasteiger charge is 2.35. The van der Waals surface area contributed by atoms with Crippen molar-refractivity contribution >= 4 is 0 Å². The predicted molar refractivity (Wildman–Crippen MR) is 50.4 cm³/mol. The Bertz CT molecular complexity index is 180. The number of aliphatic hydroxyl groups excluding tert-OH is 1. The van der Waals surface area contributed by atoms with E-state index in [0.29, 0.717) is 6.54 Å². The fraction of sp³-hybridized carbons (Fsp3) is 1.00. The van der Waals surface area contributed by atoms with Gasteiger partial charge in [-0.15, -0.1) is 0 Å². The SMILES string of the molecule is O[C@@H]1CCC[C@H]1NCC1(O)CCC1. The summed E-state index contributed by atoms with van der Waals surface area (Å²) < 4.78 is 0. The summed E-state index contributed by atoms with van der Waals surface area (Å²) in [5.41, 5.74) is -0.456. The number of rotatable bonds is 3. The number of hydrogen-bond donors (Lipinski definition) is 3. The van der Waals surface area contributed by atoms with Gasteiger partial charge in [0.1, 0.15) is 0 Å². The van der Waals surface area contributed by atoms with E-state index in [9.17, 15) is 10.2 Å². The maximum Gasteiger partial charge on any atom is 0.0771 e. The minimum absolute atomic E-state index is 0.191. The molecule has 2 atom stereocenters. The van der Waals surface area contributed by atoms with E-state index in [1.807, 2.05) is 0 Å². The molecule has 3 N–H and O–H groups in total. The van der Waals surface area contributed by atoms with E-state index < -0.39 is 5.60 Å². The number of aliphatic hydroxyl groups is 2. The maximum atomic E-state index is 9.81. The summed E-state index contributed by atoms with van der Waals surface area (Å²) in [5.74, 6) is 0. The highest BCUT2D eigenvalue weighted by Crippen LogP contribution is 2.31. The molecule has 0 aliphatic heterocycles. The third kappa shape index (κ3) is 2.03. The van der Waals surface area contributed by atoms with Crippen LogP contribution in [0, 0.1) is 0 Å². The second-order valence-corrected chi connectivity index (χ2v) is 4.56. The van der Waals surface area contributed by atoms with Gasteiger partial charge in [-0.2, -0.15) is 0 Å². The summed E-state index contributed by atoms with van der Waals surface area (Å²) in [7, 11) is 0. The Morgan fingerprint density at radius 1 is 1.23 bits per heavy atom. The van der Waals surface area contributed by atoms with E-state index in [0.717, 1.165) is 38.5 Å². The summed E-state index contributed by atoms with van der Waals surface area (Å²) in [4.78, 5) is 0. The molecule has 2 aliphatic carbocycles. The van der Waals surface area contributed by atoms with Crippen molar-refractivity contribution in [2.24, 2.45) is 0 Å². The van der Waals surface area contributed by atoms with Gasteiger partial charge in [-0.25, -0.2) is 0 Å². The molecule has 2 saturated carbocycles. The molecule has 0 spiro atoms. The van der Waals surface area contributed by atoms with Crippen LogP contribution in [0.4, 0.5) is 0 Å². The number of hydrogen-bond acceptors (Lipinski definition) is 3. The first-order chi connectivity index (χ1) is 6.20. The topological polar surface area (TPSA) is 52.5 Å². The summed E-state index contributed by atoms with van der Waals surface area (Å²) in [6.07, 6.45) is 5.87. The molecule has 2 aliphatic rings. The molecule has 3 nitrogen and oxygen atoms in total. The van der Waals surface area contributed by atoms with Gasteiger partial charge in [-0.1, -0.05) is 0 Å². The molecule has 3 heteroatoms. The van der Waals surface area contributed by atoms with Crippen LogP contribution in [0.25, 0.3) is 0 Å². The first kappa shape index (κ1) is 9.44. The first-order valence-corrected chi connectivity index (χ1v) is 5.33. The van der Waals surface area contributed by atoms with Crippen LogP contribution in [-0.2, 0) is 0 Å². The quantitative estimate of drug-likeness (QED) is 0.596. The van der Waals surface area contributed by atoms with Gasteiger partial charge < -0.3 is 15.5 Å². The Kier molecular flexibility index (Phi) is 2.58. The third-order valence-electron chi connectivity index (χ3n) is 3.46. The highest BCUT2D eigenvalue weighted by atomic mass is 16.3. The molecular weight excluding hydrogens is 166 g/mol. The van der Waals surface area contributed by atoms with Crippen LogP contribution in [0.15, 0.2) is 0 Å². The zero-order valence-electron chi connectivity index (χ0n) is 8.00. The van der Waals surface area contributed by atoms with Crippen LogP contribution in [0.1, 0.15) is 38.5 Å². The predicted octanol–water partition coefficient (Wildman–Crippen LogP) is 0.404. The molecule has 0 amide bonds. The molecule has 0 saturated heterocycles. The number of nitrogens with one attached hydrogen (secondary N) is 1. The van der Waals surface area contributed by atoms with E-state index in [1.165, 1.54) is 0 Å². The standard InChI is InChI=1S/C10H19NO2/c12-9-4-1-3-8(9)11-7-10(13)5-2-6-10/h8-9,11-13H,1-7H2/t8-,9-/m1/s1. The van der Waals surface area contributed by atoms with Gasteiger partial charge in [-0.05, 0) is 38.5 Å². The van der Waals surface area contributed by atoms with E-state index in [2.05, 4.69) is 5.32 Å². The smallest absolute Gasteiger partial charge is 0.0771 e. The Hall–Kier alpha value is -0.120. The van der Waals surface area contributed by atoms with Gasteiger partial charge in [0.15, 0.2) is 0 Å². The van der Waals surface area contributed by atoms with Gasteiger partial charge in [0.2, 0.25) is 0 Å². The fourth-order valence-electron chi connectivity index (χ4n) is 2.26. The van der Waals surface area contributed by atoms with Crippen LogP contribution in [0.2, 0.25) is 0 Å². The summed E-state index contributed by atoms with van der Waals surface area (Å²) in [6, 6.07) is 0.227. The fourth-order valence-corrected chi connectivity index (χ4v) is 2.26. The van der Waals surface area contributed by atoms with E-state index in [1.54, 1.807) is 0 Å². The van der Waals surface area contributed by atoms with Crippen molar-refractivity contribution in [3.63, 3.8) is 0 Å². The summed E-state index contributed by atoms with van der Waals surface area (Å²) in [5, 5.41) is 22.6. The first-order valence-electron chi connectivity index (χ1n) is 5.33. The average molecular weight is 185 g/mol. The van der Waals surface area contributed by atoms with Gasteiger partial charge in [0.05, 0.1) is 11.7 Å². The van der Waals surface area contributed by atoms with Crippen molar-refractivity contribution in [2.75, 3.05) is 6.54 Å². The molecule has 0 heterocycles. The van der Waals surface area contributed by atoms with E-state index in [4.69, 9.17) is 0 Å². The average Bonchev–Trinajstić information content (AvgIpc) is 2.44. The maximum absolute atomic E-state index is 9.81. The normalized spacial score (nSPS) is 37.4. The molecule has 0 radical (unpaired) electrons. The lowest BCUT2D eigenvalue weighted by Crippen LogP contribution is -2.50. The molecule has 13 heavy (non-hydrogen) atoms. The highest BCUT2D eigenvalue weighted by molar-refractivity contribution is 4.92. The summed E-state index contributed by atoms with van der Waals surface area (Å²) in [6.45, 7) is 0.661. The van der Waals surface area contributed by atoms with Crippen molar-refractivity contribution in [3.05, 3.63) is 0 Å². The van der Waals surface area contributed by atoms with Crippen LogP contribution in [0.5, 0.6) is 0 Å². The molecule has 0 unspecified atom stereocenters. The van der Waals surface area contributed by atoms with Crippen LogP contribution >= 0.6 is 0 Å². The lowest BCUT2D eigenvalue weighted by atomic mass is 9.80. The largest absolute Gasteiger partial charge is 0.392 e.